The molecule has 1 fully saturated rings. The highest BCUT2D eigenvalue weighted by atomic mass is 31.1. The highest BCUT2D eigenvalue weighted by molar-refractivity contribution is 7.73. The smallest absolute Gasteiger partial charge is 0.0151 e. The summed E-state index contributed by atoms with van der Waals surface area (Å²) in [4.78, 5) is 0. The molecule has 0 heterocycles. The molecule has 0 saturated heterocycles. The van der Waals surface area contributed by atoms with E-state index in [1.54, 1.807) is 10.6 Å². The van der Waals surface area contributed by atoms with Crippen LogP contribution in [0.3, 0.4) is 0 Å². The number of aryl methyl sites for hydroxylation is 2. The van der Waals surface area contributed by atoms with Gasteiger partial charge in [-0.1, -0.05) is 94.5 Å². The second-order valence-corrected chi connectivity index (χ2v) is 13.9. The normalized spacial score (nSPS) is 17.6. The maximum Gasteiger partial charge on any atom is -0.0151 e. The van der Waals surface area contributed by atoms with Crippen LogP contribution in [0.2, 0.25) is 0 Å². The maximum atomic E-state index is 2.56. The van der Waals surface area contributed by atoms with Gasteiger partial charge in [-0.25, -0.2) is 0 Å². The van der Waals surface area contributed by atoms with E-state index < -0.39 is 0 Å². The molecule has 0 aliphatic heterocycles. The first kappa shape index (κ1) is 24.0. The van der Waals surface area contributed by atoms with Crippen molar-refractivity contribution >= 4 is 27.1 Å². The molecule has 30 heavy (non-hydrogen) atoms. The van der Waals surface area contributed by atoms with Crippen molar-refractivity contribution in [3.05, 3.63) is 59.7 Å². The van der Waals surface area contributed by atoms with Gasteiger partial charge in [-0.2, -0.15) is 0 Å². The summed E-state index contributed by atoms with van der Waals surface area (Å²) in [7, 11) is 0.868. The molecule has 0 nitrogen and oxygen atoms in total. The van der Waals surface area contributed by atoms with E-state index in [9.17, 15) is 0 Å². The Balaban J connectivity index is 1.84. The van der Waals surface area contributed by atoms with E-state index in [1.807, 2.05) is 0 Å². The lowest BCUT2D eigenvalue weighted by atomic mass is 10.0. The lowest BCUT2D eigenvalue weighted by Gasteiger charge is -2.33. The van der Waals surface area contributed by atoms with Crippen LogP contribution in [-0.4, -0.2) is 17.0 Å². The number of rotatable bonds is 10. The van der Waals surface area contributed by atoms with Gasteiger partial charge in [0, 0.05) is 0 Å². The van der Waals surface area contributed by atoms with Crippen molar-refractivity contribution in [3.63, 3.8) is 0 Å². The van der Waals surface area contributed by atoms with E-state index in [0.717, 1.165) is 17.0 Å². The monoisotopic (exact) mass is 440 g/mol. The Morgan fingerprint density at radius 2 is 1.47 bits per heavy atom. The van der Waals surface area contributed by atoms with Crippen LogP contribution in [0.5, 0.6) is 0 Å². The average molecular weight is 441 g/mol. The fraction of sp³-hybridized carbons (Fsp3) is 0.571. The van der Waals surface area contributed by atoms with Gasteiger partial charge in [-0.05, 0) is 86.2 Å². The van der Waals surface area contributed by atoms with Crippen LogP contribution >= 0.6 is 16.5 Å². The molecule has 0 spiro atoms. The SMILES string of the molecule is CCCC[C@@H](C[C@@H](C)P(c1ccccc1C)c1ccccc1C)PC1CCCCC1. The van der Waals surface area contributed by atoms with Gasteiger partial charge in [0.05, 0.1) is 0 Å². The van der Waals surface area contributed by atoms with Crippen LogP contribution in [-0.2, 0) is 0 Å². The summed E-state index contributed by atoms with van der Waals surface area (Å²) in [6.45, 7) is 9.55. The van der Waals surface area contributed by atoms with Crippen LogP contribution in [0.1, 0.15) is 82.8 Å². The molecule has 1 unspecified atom stereocenters. The predicted molar refractivity (Wildman–Crippen MR) is 141 cm³/mol. The maximum absolute atomic E-state index is 2.56. The van der Waals surface area contributed by atoms with E-state index >= 15 is 0 Å². The van der Waals surface area contributed by atoms with Crippen molar-refractivity contribution in [1.29, 1.82) is 0 Å². The molecule has 3 atom stereocenters. The van der Waals surface area contributed by atoms with Crippen LogP contribution in [0.25, 0.3) is 0 Å². The summed E-state index contributed by atoms with van der Waals surface area (Å²) in [5.74, 6) is 0. The molecule has 164 valence electrons. The number of unbranched alkanes of at least 4 members (excludes halogenated alkanes) is 1. The lowest BCUT2D eigenvalue weighted by Crippen LogP contribution is -2.26. The highest BCUT2D eigenvalue weighted by Crippen LogP contribution is 2.47. The summed E-state index contributed by atoms with van der Waals surface area (Å²) >= 11 is 0. The minimum Gasteiger partial charge on any atom is -0.116 e. The van der Waals surface area contributed by atoms with Crippen molar-refractivity contribution in [2.45, 2.75) is 102 Å². The second kappa shape index (κ2) is 12.4. The number of hydrogen-bond acceptors (Lipinski definition) is 0. The van der Waals surface area contributed by atoms with Crippen LogP contribution in [0.15, 0.2) is 48.5 Å². The summed E-state index contributed by atoms with van der Waals surface area (Å²) in [5, 5.41) is 3.20. The van der Waals surface area contributed by atoms with Crippen molar-refractivity contribution < 1.29 is 0 Å². The van der Waals surface area contributed by atoms with Crippen molar-refractivity contribution in [2.24, 2.45) is 0 Å². The predicted octanol–water partition coefficient (Wildman–Crippen LogP) is 8.08. The Morgan fingerprint density at radius 3 is 2.00 bits per heavy atom. The van der Waals surface area contributed by atoms with E-state index in [0.29, 0.717) is 0 Å². The minimum atomic E-state index is -0.320. The van der Waals surface area contributed by atoms with Crippen LogP contribution in [0, 0.1) is 13.8 Å². The summed E-state index contributed by atoms with van der Waals surface area (Å²) in [6, 6.07) is 18.3. The molecular weight excluding hydrogens is 398 g/mol. The van der Waals surface area contributed by atoms with Crippen LogP contribution in [0.4, 0.5) is 0 Å². The molecule has 0 amide bonds. The van der Waals surface area contributed by atoms with Gasteiger partial charge in [0.15, 0.2) is 0 Å². The average Bonchev–Trinajstić information content (AvgIpc) is 2.75. The van der Waals surface area contributed by atoms with Crippen molar-refractivity contribution in [3.8, 4) is 0 Å². The van der Waals surface area contributed by atoms with E-state index in [4.69, 9.17) is 0 Å². The minimum absolute atomic E-state index is 0.320. The summed E-state index contributed by atoms with van der Waals surface area (Å²) in [6.07, 6.45) is 13.0. The first-order valence-electron chi connectivity index (χ1n) is 12.3. The fourth-order valence-electron chi connectivity index (χ4n) is 5.11. The molecule has 1 saturated carbocycles. The molecule has 1 aliphatic rings. The molecule has 0 radical (unpaired) electrons. The molecule has 3 rings (SSSR count). The third-order valence-corrected chi connectivity index (χ3v) is 12.0. The van der Waals surface area contributed by atoms with Crippen LogP contribution < -0.4 is 10.6 Å². The molecule has 2 heteroatoms. The van der Waals surface area contributed by atoms with Gasteiger partial charge >= 0.3 is 0 Å². The largest absolute Gasteiger partial charge is 0.116 e. The Kier molecular flexibility index (Phi) is 9.87. The summed E-state index contributed by atoms with van der Waals surface area (Å²) in [5.41, 5.74) is 5.63. The van der Waals surface area contributed by atoms with Gasteiger partial charge in [0.25, 0.3) is 0 Å². The number of hydrogen-bond donors (Lipinski definition) is 0. The highest BCUT2D eigenvalue weighted by Gasteiger charge is 2.27. The van der Waals surface area contributed by atoms with E-state index in [1.165, 1.54) is 77.5 Å². The molecule has 2 aromatic rings. The van der Waals surface area contributed by atoms with Gasteiger partial charge in [0.2, 0.25) is 0 Å². The van der Waals surface area contributed by atoms with Crippen molar-refractivity contribution in [1.82, 2.24) is 0 Å². The molecule has 1 aliphatic carbocycles. The zero-order valence-electron chi connectivity index (χ0n) is 19.7. The van der Waals surface area contributed by atoms with Crippen molar-refractivity contribution in [2.75, 3.05) is 0 Å². The topological polar surface area (TPSA) is 0 Å². The van der Waals surface area contributed by atoms with E-state index in [-0.39, 0.29) is 7.92 Å². The zero-order chi connectivity index (χ0) is 21.3. The van der Waals surface area contributed by atoms with E-state index in [2.05, 4.69) is 76.2 Å². The Morgan fingerprint density at radius 1 is 0.900 bits per heavy atom. The third-order valence-electron chi connectivity index (χ3n) is 6.80. The molecule has 2 aromatic carbocycles. The van der Waals surface area contributed by atoms with Gasteiger partial charge < -0.3 is 0 Å². The molecule has 0 aromatic heterocycles. The molecule has 0 bridgehead atoms. The quantitative estimate of drug-likeness (QED) is 0.328. The Hall–Kier alpha value is -0.700. The van der Waals surface area contributed by atoms with Gasteiger partial charge in [-0.3, -0.25) is 0 Å². The molecule has 0 N–H and O–H groups in total. The third kappa shape index (κ3) is 6.65. The molecular formula is C28H42P2. The lowest BCUT2D eigenvalue weighted by molar-refractivity contribution is 0.508. The summed E-state index contributed by atoms with van der Waals surface area (Å²) < 4.78 is 0. The first-order valence-corrected chi connectivity index (χ1v) is 14.8. The fourth-order valence-corrected chi connectivity index (χ4v) is 10.7. The van der Waals surface area contributed by atoms with Gasteiger partial charge in [-0.15, -0.1) is 8.58 Å². The second-order valence-electron chi connectivity index (χ2n) is 9.37. The first-order chi connectivity index (χ1) is 14.6. The zero-order valence-corrected chi connectivity index (χ0v) is 21.6. The Bertz CT molecular complexity index is 717. The van der Waals surface area contributed by atoms with Gasteiger partial charge in [0.1, 0.15) is 0 Å². The standard InChI is InChI=1S/C28H42P2/c1-5-6-16-26(29-25-17-8-7-9-18-25)21-24(4)30(27-19-12-10-14-22(27)2)28-20-13-11-15-23(28)3/h10-15,19-20,24-26,29H,5-9,16-18,21H2,1-4H3/t24-,26+/m1/s1. The number of benzene rings is 2. The Labute approximate surface area is 189 Å².